The van der Waals surface area contributed by atoms with E-state index in [4.69, 9.17) is 21.1 Å². The monoisotopic (exact) mass is 417 g/mol. The molecule has 0 aliphatic carbocycles. The first kappa shape index (κ1) is 21.3. The Kier molecular flexibility index (Phi) is 7.23. The molecule has 0 amide bonds. The lowest BCUT2D eigenvalue weighted by molar-refractivity contribution is 0.0617. The maximum Gasteiger partial charge on any atom is 0.191 e. The van der Waals surface area contributed by atoms with Gasteiger partial charge < -0.3 is 25.2 Å². The highest BCUT2D eigenvalue weighted by atomic mass is 35.5. The number of guanidine groups is 1. The van der Waals surface area contributed by atoms with Crippen molar-refractivity contribution in [2.45, 2.75) is 32.4 Å². The summed E-state index contributed by atoms with van der Waals surface area (Å²) in [4.78, 5) is 4.62. The minimum atomic E-state index is -1.02. The molecule has 1 aliphatic heterocycles. The zero-order valence-corrected chi connectivity index (χ0v) is 17.6. The van der Waals surface area contributed by atoms with Gasteiger partial charge in [-0.3, -0.25) is 0 Å². The molecule has 1 atom stereocenters. The number of hydrogen-bond acceptors (Lipinski definition) is 4. The number of ether oxygens (including phenoxy) is 2. The third-order valence-electron chi connectivity index (χ3n) is 4.62. The number of aliphatic imine (C=N–C) groups is 1. The van der Waals surface area contributed by atoms with E-state index in [0.717, 1.165) is 17.5 Å². The zero-order valence-electron chi connectivity index (χ0n) is 16.9. The van der Waals surface area contributed by atoms with Crippen LogP contribution in [0.3, 0.4) is 0 Å². The molecule has 6 nitrogen and oxygen atoms in total. The van der Waals surface area contributed by atoms with Crippen molar-refractivity contribution in [3.8, 4) is 11.5 Å². The summed E-state index contributed by atoms with van der Waals surface area (Å²) >= 11 is 6.37. The third-order valence-corrected chi connectivity index (χ3v) is 4.90. The summed E-state index contributed by atoms with van der Waals surface area (Å²) < 4.78 is 11.4. The second-order valence-electron chi connectivity index (χ2n) is 7.14. The number of benzene rings is 2. The number of nitrogens with one attached hydrogen (secondary N) is 2. The van der Waals surface area contributed by atoms with Crippen LogP contribution in [0.4, 0.5) is 0 Å². The van der Waals surface area contributed by atoms with Crippen molar-refractivity contribution < 1.29 is 14.6 Å². The Morgan fingerprint density at radius 2 is 1.93 bits per heavy atom. The number of fused-ring (bicyclic) bond motifs is 1. The van der Waals surface area contributed by atoms with Gasteiger partial charge in [-0.2, -0.15) is 0 Å². The topological polar surface area (TPSA) is 75.1 Å². The smallest absolute Gasteiger partial charge is 0.191 e. The normalized spacial score (nSPS) is 15.9. The van der Waals surface area contributed by atoms with Crippen molar-refractivity contribution in [3.05, 3.63) is 58.6 Å². The van der Waals surface area contributed by atoms with Gasteiger partial charge in [0.15, 0.2) is 17.5 Å². The van der Waals surface area contributed by atoms with Gasteiger partial charge in [0.25, 0.3) is 0 Å². The van der Waals surface area contributed by atoms with Gasteiger partial charge in [0.1, 0.15) is 5.60 Å². The quantitative estimate of drug-likeness (QED) is 0.495. The molecule has 1 aliphatic rings. The predicted molar refractivity (Wildman–Crippen MR) is 116 cm³/mol. The molecule has 29 heavy (non-hydrogen) atoms. The van der Waals surface area contributed by atoms with Crippen molar-refractivity contribution >= 4 is 17.6 Å². The van der Waals surface area contributed by atoms with Crippen molar-refractivity contribution in [1.29, 1.82) is 0 Å². The second-order valence-corrected chi connectivity index (χ2v) is 7.55. The number of halogens is 1. The molecule has 1 unspecified atom stereocenters. The third kappa shape index (κ3) is 5.78. The molecular weight excluding hydrogens is 390 g/mol. The Labute approximate surface area is 176 Å². The minimum absolute atomic E-state index is 0.324. The SMILES string of the molecule is CCNC(=NCc1cc(Cl)c2c(c1)OCCCO2)NCC(C)(O)c1ccccc1. The van der Waals surface area contributed by atoms with Gasteiger partial charge in [-0.05, 0) is 37.1 Å². The van der Waals surface area contributed by atoms with Crippen molar-refractivity contribution in [3.63, 3.8) is 0 Å². The molecule has 3 N–H and O–H groups in total. The second kappa shape index (κ2) is 9.85. The summed E-state index contributed by atoms with van der Waals surface area (Å²) in [5.41, 5.74) is 0.750. The van der Waals surface area contributed by atoms with E-state index < -0.39 is 5.60 Å². The molecule has 3 rings (SSSR count). The van der Waals surface area contributed by atoms with E-state index in [-0.39, 0.29) is 0 Å². The van der Waals surface area contributed by atoms with E-state index in [1.165, 1.54) is 0 Å². The van der Waals surface area contributed by atoms with Gasteiger partial charge >= 0.3 is 0 Å². The fraction of sp³-hybridized carbons (Fsp3) is 0.409. The molecule has 156 valence electrons. The maximum atomic E-state index is 10.8. The van der Waals surface area contributed by atoms with Gasteiger partial charge in [-0.15, -0.1) is 0 Å². The Balaban J connectivity index is 1.69. The molecule has 0 saturated carbocycles. The highest BCUT2D eigenvalue weighted by Gasteiger charge is 2.23. The number of aliphatic hydroxyl groups is 1. The van der Waals surface area contributed by atoms with Crippen LogP contribution in [0.15, 0.2) is 47.5 Å². The molecule has 0 radical (unpaired) electrons. The predicted octanol–water partition coefficient (Wildman–Crippen LogP) is 3.46. The van der Waals surface area contributed by atoms with Crippen LogP contribution >= 0.6 is 11.6 Å². The molecule has 2 aromatic carbocycles. The summed E-state index contributed by atoms with van der Waals surface area (Å²) in [5.74, 6) is 1.87. The van der Waals surface area contributed by atoms with Crippen molar-refractivity contribution in [1.82, 2.24) is 10.6 Å². The Hall–Kier alpha value is -2.44. The summed E-state index contributed by atoms with van der Waals surface area (Å²) in [7, 11) is 0. The summed E-state index contributed by atoms with van der Waals surface area (Å²) in [5, 5.41) is 17.7. The molecular formula is C22H28ClN3O3. The Bertz CT molecular complexity index is 841. The van der Waals surface area contributed by atoms with E-state index >= 15 is 0 Å². The highest BCUT2D eigenvalue weighted by molar-refractivity contribution is 6.32. The van der Waals surface area contributed by atoms with E-state index in [2.05, 4.69) is 15.6 Å². The van der Waals surface area contributed by atoms with E-state index in [1.54, 1.807) is 6.92 Å². The van der Waals surface area contributed by atoms with Crippen LogP contribution in [-0.4, -0.2) is 37.4 Å². The first-order valence-electron chi connectivity index (χ1n) is 9.87. The summed E-state index contributed by atoms with van der Waals surface area (Å²) in [6, 6.07) is 13.3. The Morgan fingerprint density at radius 1 is 1.17 bits per heavy atom. The molecule has 0 aromatic heterocycles. The number of rotatable bonds is 6. The van der Waals surface area contributed by atoms with Gasteiger partial charge in [0.05, 0.1) is 31.3 Å². The highest BCUT2D eigenvalue weighted by Crippen LogP contribution is 2.38. The van der Waals surface area contributed by atoms with Crippen molar-refractivity contribution in [2.75, 3.05) is 26.3 Å². The lowest BCUT2D eigenvalue weighted by Crippen LogP contribution is -2.44. The lowest BCUT2D eigenvalue weighted by atomic mass is 9.96. The average Bonchev–Trinajstić information content (AvgIpc) is 2.97. The first-order valence-corrected chi connectivity index (χ1v) is 10.3. The maximum absolute atomic E-state index is 10.8. The first-order chi connectivity index (χ1) is 14.0. The van der Waals surface area contributed by atoms with Crippen LogP contribution in [0.5, 0.6) is 11.5 Å². The van der Waals surface area contributed by atoms with E-state index in [1.807, 2.05) is 49.4 Å². The van der Waals surface area contributed by atoms with Crippen LogP contribution < -0.4 is 20.1 Å². The fourth-order valence-corrected chi connectivity index (χ4v) is 3.33. The molecule has 1 heterocycles. The lowest BCUT2D eigenvalue weighted by Gasteiger charge is -2.25. The molecule has 2 aromatic rings. The van der Waals surface area contributed by atoms with Crippen LogP contribution in [0.25, 0.3) is 0 Å². The van der Waals surface area contributed by atoms with Gasteiger partial charge in [0, 0.05) is 13.0 Å². The van der Waals surface area contributed by atoms with E-state index in [0.29, 0.717) is 55.3 Å². The van der Waals surface area contributed by atoms with Gasteiger partial charge in [-0.1, -0.05) is 41.9 Å². The van der Waals surface area contributed by atoms with Crippen LogP contribution in [0, 0.1) is 0 Å². The minimum Gasteiger partial charge on any atom is -0.489 e. The fourth-order valence-electron chi connectivity index (χ4n) is 3.04. The summed E-state index contributed by atoms with van der Waals surface area (Å²) in [6.07, 6.45) is 0.828. The molecule has 0 bridgehead atoms. The van der Waals surface area contributed by atoms with Gasteiger partial charge in [-0.25, -0.2) is 4.99 Å². The Morgan fingerprint density at radius 3 is 2.69 bits per heavy atom. The average molecular weight is 418 g/mol. The molecule has 0 saturated heterocycles. The summed E-state index contributed by atoms with van der Waals surface area (Å²) in [6.45, 7) is 6.43. The van der Waals surface area contributed by atoms with Crippen LogP contribution in [-0.2, 0) is 12.1 Å². The van der Waals surface area contributed by atoms with E-state index in [9.17, 15) is 5.11 Å². The van der Waals surface area contributed by atoms with Gasteiger partial charge in [0.2, 0.25) is 0 Å². The molecule has 0 spiro atoms. The van der Waals surface area contributed by atoms with Crippen LogP contribution in [0.1, 0.15) is 31.4 Å². The zero-order chi connectivity index (χ0) is 20.7. The molecule has 0 fully saturated rings. The standard InChI is InChI=1S/C22H28ClN3O3/c1-3-24-21(26-15-22(2,27)17-8-5-4-6-9-17)25-14-16-12-18(23)20-19(13-16)28-10-7-11-29-20/h4-6,8-9,12-13,27H,3,7,10-11,14-15H2,1-2H3,(H2,24,25,26). The van der Waals surface area contributed by atoms with Crippen molar-refractivity contribution in [2.24, 2.45) is 4.99 Å². The largest absolute Gasteiger partial charge is 0.489 e. The number of nitrogens with zero attached hydrogens (tertiary/aromatic N) is 1. The number of hydrogen-bond donors (Lipinski definition) is 3. The van der Waals surface area contributed by atoms with Crippen LogP contribution in [0.2, 0.25) is 5.02 Å². The molecule has 7 heteroatoms.